The van der Waals surface area contributed by atoms with Crippen LogP contribution in [0.5, 0.6) is 11.5 Å². The molecular weight excluding hydrogens is 300 g/mol. The van der Waals surface area contributed by atoms with Gasteiger partial charge in [-0.15, -0.1) is 0 Å². The molecule has 1 unspecified atom stereocenters. The highest BCUT2D eigenvalue weighted by Crippen LogP contribution is 2.32. The molecule has 118 valence electrons. The number of benzene rings is 2. The van der Waals surface area contributed by atoms with Gasteiger partial charge in [0.2, 0.25) is 0 Å². The third-order valence-electron chi connectivity index (χ3n) is 3.70. The van der Waals surface area contributed by atoms with Gasteiger partial charge in [0.05, 0.1) is 17.6 Å². The Morgan fingerprint density at radius 1 is 1.30 bits per heavy atom. The zero-order chi connectivity index (χ0) is 16.4. The van der Waals surface area contributed by atoms with Crippen molar-refractivity contribution in [3.8, 4) is 11.5 Å². The zero-order valence-corrected chi connectivity index (χ0v) is 12.1. The lowest BCUT2D eigenvalue weighted by atomic mass is 10.00. The van der Waals surface area contributed by atoms with E-state index >= 15 is 0 Å². The first-order chi connectivity index (χ1) is 11.1. The highest BCUT2D eigenvalue weighted by molar-refractivity contribution is 5.95. The van der Waals surface area contributed by atoms with E-state index in [2.05, 4.69) is 5.32 Å². The first kappa shape index (κ1) is 14.8. The van der Waals surface area contributed by atoms with E-state index in [0.717, 1.165) is 23.4 Å². The topological polar surface area (TPSA) is 102 Å². The predicted octanol–water partition coefficient (Wildman–Crippen LogP) is 2.55. The summed E-state index contributed by atoms with van der Waals surface area (Å²) in [4.78, 5) is 22.3. The monoisotopic (exact) mass is 314 g/mol. The van der Waals surface area contributed by atoms with Crippen LogP contribution >= 0.6 is 0 Å². The average molecular weight is 314 g/mol. The summed E-state index contributed by atoms with van der Waals surface area (Å²) in [6.07, 6.45) is 0.627. The van der Waals surface area contributed by atoms with E-state index in [1.165, 1.54) is 6.07 Å². The first-order valence-corrected chi connectivity index (χ1v) is 7.06. The number of carbonyl (C=O) groups is 1. The molecule has 3 rings (SSSR count). The van der Waals surface area contributed by atoms with Gasteiger partial charge < -0.3 is 15.2 Å². The second-order valence-electron chi connectivity index (χ2n) is 5.16. The van der Waals surface area contributed by atoms with Crippen molar-refractivity contribution in [2.45, 2.75) is 12.5 Å². The van der Waals surface area contributed by atoms with Gasteiger partial charge in [-0.05, 0) is 18.2 Å². The molecule has 7 nitrogen and oxygen atoms in total. The molecule has 0 fully saturated rings. The minimum Gasteiger partial charge on any atom is -0.502 e. The molecule has 1 aliphatic rings. The average Bonchev–Trinajstić information content (AvgIpc) is 2.54. The molecule has 0 saturated carbocycles. The Morgan fingerprint density at radius 3 is 2.83 bits per heavy atom. The van der Waals surface area contributed by atoms with Gasteiger partial charge in [-0.25, -0.2) is 0 Å². The Balaban J connectivity index is 1.80. The molecule has 7 heteroatoms. The summed E-state index contributed by atoms with van der Waals surface area (Å²) in [5, 5.41) is 23.2. The van der Waals surface area contributed by atoms with E-state index in [1.807, 2.05) is 24.3 Å². The van der Waals surface area contributed by atoms with Gasteiger partial charge in [-0.2, -0.15) is 0 Å². The van der Waals surface area contributed by atoms with Gasteiger partial charge in [-0.1, -0.05) is 18.2 Å². The number of phenols is 1. The molecule has 1 atom stereocenters. The molecule has 23 heavy (non-hydrogen) atoms. The molecule has 2 aromatic carbocycles. The summed E-state index contributed by atoms with van der Waals surface area (Å²) in [5.41, 5.74) is 0.619. The van der Waals surface area contributed by atoms with Crippen molar-refractivity contribution in [2.24, 2.45) is 0 Å². The lowest BCUT2D eigenvalue weighted by Gasteiger charge is -2.26. The molecule has 1 heterocycles. The molecule has 2 aromatic rings. The maximum atomic E-state index is 12.3. The van der Waals surface area contributed by atoms with Crippen LogP contribution < -0.4 is 10.1 Å². The number of hydrogen-bond donors (Lipinski definition) is 2. The molecule has 1 amide bonds. The fourth-order valence-corrected chi connectivity index (χ4v) is 2.55. The molecule has 0 bridgehead atoms. The lowest BCUT2D eigenvalue weighted by molar-refractivity contribution is -0.385. The molecule has 0 aliphatic carbocycles. The van der Waals surface area contributed by atoms with Crippen LogP contribution in [0.4, 0.5) is 5.69 Å². The summed E-state index contributed by atoms with van der Waals surface area (Å²) in [6.45, 7) is 0.494. The predicted molar refractivity (Wildman–Crippen MR) is 81.5 cm³/mol. The second-order valence-corrected chi connectivity index (χ2v) is 5.16. The summed E-state index contributed by atoms with van der Waals surface area (Å²) in [7, 11) is 0. The maximum Gasteiger partial charge on any atom is 0.310 e. The molecule has 2 N–H and O–H groups in total. The Bertz CT molecular complexity index is 775. The standard InChI is InChI=1S/C16H14N2O5/c19-14-9-10(5-6-13(14)18(21)22)16(20)17-12-7-8-23-15-4-2-1-3-11(12)15/h1-6,9,12,19H,7-8H2,(H,17,20). The van der Waals surface area contributed by atoms with Crippen LogP contribution in [-0.4, -0.2) is 22.5 Å². The SMILES string of the molecule is O=C(NC1CCOc2ccccc21)c1ccc([N+](=O)[O-])c(O)c1. The number of carbonyl (C=O) groups excluding carboxylic acids is 1. The summed E-state index contributed by atoms with van der Waals surface area (Å²) in [6, 6.07) is 10.8. The van der Waals surface area contributed by atoms with E-state index in [0.29, 0.717) is 13.0 Å². The van der Waals surface area contributed by atoms with Crippen LogP contribution in [0.15, 0.2) is 42.5 Å². The molecule has 0 radical (unpaired) electrons. The Morgan fingerprint density at radius 2 is 2.09 bits per heavy atom. The molecule has 0 saturated heterocycles. The fourth-order valence-electron chi connectivity index (χ4n) is 2.55. The highest BCUT2D eigenvalue weighted by atomic mass is 16.6. The minimum absolute atomic E-state index is 0.164. The van der Waals surface area contributed by atoms with E-state index in [4.69, 9.17) is 4.74 Å². The van der Waals surface area contributed by atoms with Crippen LogP contribution in [0.1, 0.15) is 28.4 Å². The van der Waals surface area contributed by atoms with Crippen LogP contribution in [0.2, 0.25) is 0 Å². The summed E-state index contributed by atoms with van der Waals surface area (Å²) >= 11 is 0. The fraction of sp³-hybridized carbons (Fsp3) is 0.188. The number of nitrogens with one attached hydrogen (secondary N) is 1. The van der Waals surface area contributed by atoms with Gasteiger partial charge in [0.15, 0.2) is 5.75 Å². The minimum atomic E-state index is -0.703. The quantitative estimate of drug-likeness (QED) is 0.669. The van der Waals surface area contributed by atoms with Crippen molar-refractivity contribution < 1.29 is 19.6 Å². The van der Waals surface area contributed by atoms with E-state index in [-0.39, 0.29) is 11.6 Å². The summed E-state index contributed by atoms with van der Waals surface area (Å²) < 4.78 is 5.54. The van der Waals surface area contributed by atoms with Crippen LogP contribution in [0.25, 0.3) is 0 Å². The zero-order valence-electron chi connectivity index (χ0n) is 12.1. The van der Waals surface area contributed by atoms with Crippen LogP contribution in [0.3, 0.4) is 0 Å². The van der Waals surface area contributed by atoms with Crippen LogP contribution in [0, 0.1) is 10.1 Å². The molecular formula is C16H14N2O5. The number of hydrogen-bond acceptors (Lipinski definition) is 5. The number of nitrogens with zero attached hydrogens (tertiary/aromatic N) is 1. The number of para-hydroxylation sites is 1. The number of rotatable bonds is 3. The van der Waals surface area contributed by atoms with E-state index in [9.17, 15) is 20.0 Å². The van der Waals surface area contributed by atoms with Gasteiger partial charge in [-0.3, -0.25) is 14.9 Å². The van der Waals surface area contributed by atoms with Crippen molar-refractivity contribution in [2.75, 3.05) is 6.61 Å². The van der Waals surface area contributed by atoms with Crippen molar-refractivity contribution in [3.05, 3.63) is 63.7 Å². The van der Waals surface area contributed by atoms with E-state index in [1.54, 1.807) is 0 Å². The number of nitro groups is 1. The van der Waals surface area contributed by atoms with Gasteiger partial charge in [0, 0.05) is 23.6 Å². The Hall–Kier alpha value is -3.09. The van der Waals surface area contributed by atoms with Crippen molar-refractivity contribution >= 4 is 11.6 Å². The van der Waals surface area contributed by atoms with Gasteiger partial charge in [0.25, 0.3) is 5.91 Å². The number of amides is 1. The number of ether oxygens (including phenoxy) is 1. The van der Waals surface area contributed by atoms with Crippen molar-refractivity contribution in [3.63, 3.8) is 0 Å². The smallest absolute Gasteiger partial charge is 0.310 e. The van der Waals surface area contributed by atoms with Crippen molar-refractivity contribution in [1.29, 1.82) is 0 Å². The maximum absolute atomic E-state index is 12.3. The van der Waals surface area contributed by atoms with Gasteiger partial charge in [0.1, 0.15) is 5.75 Å². The molecule has 0 aromatic heterocycles. The first-order valence-electron chi connectivity index (χ1n) is 7.06. The Labute approximate surface area is 131 Å². The van der Waals surface area contributed by atoms with E-state index < -0.39 is 22.3 Å². The molecule has 0 spiro atoms. The number of fused-ring (bicyclic) bond motifs is 1. The number of nitro benzene ring substituents is 1. The largest absolute Gasteiger partial charge is 0.502 e. The number of aromatic hydroxyl groups is 1. The summed E-state index contributed by atoms with van der Waals surface area (Å²) in [5.74, 6) is -0.206. The second kappa shape index (κ2) is 5.96. The normalized spacial score (nSPS) is 16.1. The lowest BCUT2D eigenvalue weighted by Crippen LogP contribution is -2.32. The molecule has 1 aliphatic heterocycles. The third-order valence-corrected chi connectivity index (χ3v) is 3.70. The number of phenolic OH excluding ortho intramolecular Hbond substituents is 1. The van der Waals surface area contributed by atoms with Crippen molar-refractivity contribution in [1.82, 2.24) is 5.32 Å². The Kier molecular flexibility index (Phi) is 3.84. The highest BCUT2D eigenvalue weighted by Gasteiger charge is 2.24. The third kappa shape index (κ3) is 2.94. The van der Waals surface area contributed by atoms with Crippen LogP contribution in [-0.2, 0) is 0 Å². The van der Waals surface area contributed by atoms with Gasteiger partial charge >= 0.3 is 5.69 Å².